The summed E-state index contributed by atoms with van der Waals surface area (Å²) in [6, 6.07) is 1.76. The second kappa shape index (κ2) is 6.78. The standard InChI is InChI=1S/C14H20N2O3/c1-5-13(17)15-6-7-16-14(18)11-8-12(9(2)3)19-10(11)4/h5,8-9H,1,6-7H2,2-4H3,(H,15,17)(H,16,18). The zero-order valence-corrected chi connectivity index (χ0v) is 11.6. The Labute approximate surface area is 113 Å². The summed E-state index contributed by atoms with van der Waals surface area (Å²) < 4.78 is 5.52. The van der Waals surface area contributed by atoms with E-state index in [1.807, 2.05) is 13.8 Å². The third-order valence-electron chi connectivity index (χ3n) is 2.65. The third-order valence-corrected chi connectivity index (χ3v) is 2.65. The molecule has 0 aliphatic heterocycles. The second-order valence-electron chi connectivity index (χ2n) is 4.52. The monoisotopic (exact) mass is 264 g/mol. The van der Waals surface area contributed by atoms with E-state index in [2.05, 4.69) is 17.2 Å². The van der Waals surface area contributed by atoms with Crippen molar-refractivity contribution in [2.24, 2.45) is 0 Å². The van der Waals surface area contributed by atoms with E-state index in [-0.39, 0.29) is 17.7 Å². The fourth-order valence-electron chi connectivity index (χ4n) is 1.54. The van der Waals surface area contributed by atoms with Crippen LogP contribution in [0.15, 0.2) is 23.1 Å². The van der Waals surface area contributed by atoms with Crippen molar-refractivity contribution < 1.29 is 14.0 Å². The fraction of sp³-hybridized carbons (Fsp3) is 0.429. The lowest BCUT2D eigenvalue weighted by atomic mass is 10.1. The Morgan fingerprint density at radius 3 is 2.53 bits per heavy atom. The van der Waals surface area contributed by atoms with Crippen LogP contribution in [0.4, 0.5) is 0 Å². The highest BCUT2D eigenvalue weighted by Gasteiger charge is 2.15. The van der Waals surface area contributed by atoms with E-state index in [0.29, 0.717) is 24.4 Å². The molecule has 0 saturated heterocycles. The molecule has 1 aromatic rings. The molecule has 1 heterocycles. The molecule has 0 aromatic carbocycles. The maximum absolute atomic E-state index is 11.9. The number of nitrogens with one attached hydrogen (secondary N) is 2. The van der Waals surface area contributed by atoms with Crippen LogP contribution in [0.5, 0.6) is 0 Å². The molecule has 5 nitrogen and oxygen atoms in total. The first kappa shape index (κ1) is 15.0. The van der Waals surface area contributed by atoms with Gasteiger partial charge in [0.2, 0.25) is 5.91 Å². The minimum atomic E-state index is -0.254. The summed E-state index contributed by atoms with van der Waals surface area (Å²) in [6.07, 6.45) is 1.19. The minimum absolute atomic E-state index is 0.194. The van der Waals surface area contributed by atoms with E-state index in [0.717, 1.165) is 5.76 Å². The van der Waals surface area contributed by atoms with Gasteiger partial charge < -0.3 is 15.1 Å². The molecule has 5 heteroatoms. The van der Waals surface area contributed by atoms with Crippen molar-refractivity contribution in [3.8, 4) is 0 Å². The van der Waals surface area contributed by atoms with Crippen LogP contribution in [0.25, 0.3) is 0 Å². The van der Waals surface area contributed by atoms with Gasteiger partial charge in [-0.1, -0.05) is 20.4 Å². The number of hydrogen-bond acceptors (Lipinski definition) is 3. The van der Waals surface area contributed by atoms with Crippen molar-refractivity contribution in [1.82, 2.24) is 10.6 Å². The Morgan fingerprint density at radius 1 is 1.37 bits per heavy atom. The van der Waals surface area contributed by atoms with Gasteiger partial charge in [-0.3, -0.25) is 9.59 Å². The third kappa shape index (κ3) is 4.28. The Kier molecular flexibility index (Phi) is 5.36. The predicted molar refractivity (Wildman–Crippen MR) is 73.1 cm³/mol. The van der Waals surface area contributed by atoms with Gasteiger partial charge in [0.25, 0.3) is 5.91 Å². The van der Waals surface area contributed by atoms with Crippen molar-refractivity contribution >= 4 is 11.8 Å². The van der Waals surface area contributed by atoms with Crippen LogP contribution in [0.2, 0.25) is 0 Å². The molecule has 19 heavy (non-hydrogen) atoms. The van der Waals surface area contributed by atoms with E-state index in [1.165, 1.54) is 6.08 Å². The molecule has 2 N–H and O–H groups in total. The summed E-state index contributed by atoms with van der Waals surface area (Å²) >= 11 is 0. The van der Waals surface area contributed by atoms with Crippen LogP contribution in [-0.2, 0) is 4.79 Å². The Balaban J connectivity index is 2.49. The number of carbonyl (C=O) groups excluding carboxylic acids is 2. The fourth-order valence-corrected chi connectivity index (χ4v) is 1.54. The molecule has 0 saturated carbocycles. The number of carbonyl (C=O) groups is 2. The quantitative estimate of drug-likeness (QED) is 0.607. The SMILES string of the molecule is C=CC(=O)NCCNC(=O)c1cc(C(C)C)oc1C. The van der Waals surface area contributed by atoms with Crippen molar-refractivity contribution in [3.05, 3.63) is 35.8 Å². The smallest absolute Gasteiger partial charge is 0.254 e. The molecule has 0 unspecified atom stereocenters. The topological polar surface area (TPSA) is 71.3 Å². The molecule has 2 amide bonds. The molecule has 0 aliphatic rings. The molecule has 0 spiro atoms. The zero-order chi connectivity index (χ0) is 14.4. The average Bonchev–Trinajstić information content (AvgIpc) is 2.76. The van der Waals surface area contributed by atoms with Crippen LogP contribution in [-0.4, -0.2) is 24.9 Å². The highest BCUT2D eigenvalue weighted by molar-refractivity contribution is 5.95. The van der Waals surface area contributed by atoms with E-state index in [1.54, 1.807) is 13.0 Å². The first-order valence-electron chi connectivity index (χ1n) is 6.24. The van der Waals surface area contributed by atoms with Gasteiger partial charge in [-0.25, -0.2) is 0 Å². The first-order chi connectivity index (χ1) is 8.95. The molecule has 1 aromatic heterocycles. The van der Waals surface area contributed by atoms with Gasteiger partial charge in [0.05, 0.1) is 5.56 Å². The van der Waals surface area contributed by atoms with Crippen molar-refractivity contribution in [3.63, 3.8) is 0 Å². The van der Waals surface area contributed by atoms with Crippen LogP contribution in [0, 0.1) is 6.92 Å². The Bertz CT molecular complexity index is 475. The highest BCUT2D eigenvalue weighted by Crippen LogP contribution is 2.21. The van der Waals surface area contributed by atoms with Gasteiger partial charge >= 0.3 is 0 Å². The van der Waals surface area contributed by atoms with Crippen LogP contribution >= 0.6 is 0 Å². The lowest BCUT2D eigenvalue weighted by Crippen LogP contribution is -2.34. The van der Waals surface area contributed by atoms with E-state index in [4.69, 9.17) is 4.42 Å². The summed E-state index contributed by atoms with van der Waals surface area (Å²) in [5.74, 6) is 1.20. The number of aryl methyl sites for hydroxylation is 1. The van der Waals surface area contributed by atoms with Gasteiger partial charge in [0.15, 0.2) is 0 Å². The number of amides is 2. The molecule has 0 fully saturated rings. The number of hydrogen-bond donors (Lipinski definition) is 2. The Hall–Kier alpha value is -2.04. The van der Waals surface area contributed by atoms with Gasteiger partial charge in [-0.15, -0.1) is 0 Å². The van der Waals surface area contributed by atoms with Crippen molar-refractivity contribution in [1.29, 1.82) is 0 Å². The lowest BCUT2D eigenvalue weighted by Gasteiger charge is -2.04. The summed E-state index contributed by atoms with van der Waals surface area (Å²) in [7, 11) is 0. The van der Waals surface area contributed by atoms with E-state index < -0.39 is 0 Å². The molecule has 0 bridgehead atoms. The van der Waals surface area contributed by atoms with Gasteiger partial charge in [-0.05, 0) is 19.1 Å². The molecule has 0 atom stereocenters. The molecule has 0 radical (unpaired) electrons. The van der Waals surface area contributed by atoms with Gasteiger partial charge in [-0.2, -0.15) is 0 Å². The maximum atomic E-state index is 11.9. The molecule has 104 valence electrons. The molecule has 0 aliphatic carbocycles. The number of rotatable bonds is 6. The van der Waals surface area contributed by atoms with Gasteiger partial charge in [0.1, 0.15) is 11.5 Å². The lowest BCUT2D eigenvalue weighted by molar-refractivity contribution is -0.116. The average molecular weight is 264 g/mol. The number of furan rings is 1. The normalized spacial score (nSPS) is 10.3. The van der Waals surface area contributed by atoms with E-state index >= 15 is 0 Å². The predicted octanol–water partition coefficient (Wildman–Crippen LogP) is 1.74. The van der Waals surface area contributed by atoms with E-state index in [9.17, 15) is 9.59 Å². The first-order valence-corrected chi connectivity index (χ1v) is 6.24. The minimum Gasteiger partial charge on any atom is -0.465 e. The van der Waals surface area contributed by atoms with Gasteiger partial charge in [0, 0.05) is 19.0 Å². The van der Waals surface area contributed by atoms with Crippen LogP contribution in [0.3, 0.4) is 0 Å². The van der Waals surface area contributed by atoms with Crippen molar-refractivity contribution in [2.45, 2.75) is 26.7 Å². The molecular weight excluding hydrogens is 244 g/mol. The summed E-state index contributed by atoms with van der Waals surface area (Å²) in [6.45, 7) is 9.84. The summed E-state index contributed by atoms with van der Waals surface area (Å²) in [5.41, 5.74) is 0.541. The second-order valence-corrected chi connectivity index (χ2v) is 4.52. The summed E-state index contributed by atoms with van der Waals surface area (Å²) in [4.78, 5) is 22.8. The van der Waals surface area contributed by atoms with Crippen molar-refractivity contribution in [2.75, 3.05) is 13.1 Å². The largest absolute Gasteiger partial charge is 0.465 e. The highest BCUT2D eigenvalue weighted by atomic mass is 16.3. The van der Waals surface area contributed by atoms with Crippen LogP contribution < -0.4 is 10.6 Å². The van der Waals surface area contributed by atoms with Crippen LogP contribution in [0.1, 0.15) is 41.6 Å². The summed E-state index contributed by atoms with van der Waals surface area (Å²) in [5, 5.41) is 5.31. The maximum Gasteiger partial charge on any atom is 0.254 e. The molecular formula is C14H20N2O3. The molecule has 1 rings (SSSR count). The zero-order valence-electron chi connectivity index (χ0n) is 11.6. The Morgan fingerprint density at radius 2 is 2.00 bits per heavy atom.